The van der Waals surface area contributed by atoms with Crippen LogP contribution in [0.4, 0.5) is 4.79 Å². The summed E-state index contributed by atoms with van der Waals surface area (Å²) < 4.78 is 11.3. The number of H-pyrrole nitrogens is 1. The second-order valence-corrected chi connectivity index (χ2v) is 7.32. The maximum absolute atomic E-state index is 11.8. The van der Waals surface area contributed by atoms with E-state index < -0.39 is 0 Å². The van der Waals surface area contributed by atoms with Gasteiger partial charge in [-0.05, 0) is 44.6 Å². The van der Waals surface area contributed by atoms with Gasteiger partial charge in [-0.25, -0.2) is 4.79 Å². The molecule has 2 saturated heterocycles. The van der Waals surface area contributed by atoms with Crippen molar-refractivity contribution >= 4 is 6.09 Å². The molecule has 3 aliphatic rings. The van der Waals surface area contributed by atoms with Gasteiger partial charge in [-0.1, -0.05) is 0 Å². The monoisotopic (exact) mass is 348 g/mol. The number of carbonyl (C=O) groups is 1. The highest BCUT2D eigenvalue weighted by Gasteiger charge is 2.43. The van der Waals surface area contributed by atoms with Crippen molar-refractivity contribution in [3.63, 3.8) is 0 Å². The standard InChI is InChI=1S/C18H28N4O3/c1-2-24-17(23)22-8-3-15(4-9-22)21-10-6-18(7-11-21)16-14(5-12-25-18)13-19-20-16/h13,15H,2-12H2,1H3,(H,19,20). The van der Waals surface area contributed by atoms with Crippen molar-refractivity contribution in [1.82, 2.24) is 20.0 Å². The van der Waals surface area contributed by atoms with Gasteiger partial charge in [0, 0.05) is 32.2 Å². The molecule has 0 aliphatic carbocycles. The molecule has 0 saturated carbocycles. The van der Waals surface area contributed by atoms with Gasteiger partial charge in [-0.3, -0.25) is 5.10 Å². The number of rotatable bonds is 2. The number of amides is 1. The second kappa shape index (κ2) is 6.96. The minimum absolute atomic E-state index is 0.160. The number of fused-ring (bicyclic) bond motifs is 2. The minimum Gasteiger partial charge on any atom is -0.450 e. The highest BCUT2D eigenvalue weighted by Crippen LogP contribution is 2.41. The summed E-state index contributed by atoms with van der Waals surface area (Å²) in [6, 6.07) is 0.563. The smallest absolute Gasteiger partial charge is 0.409 e. The predicted octanol–water partition coefficient (Wildman–Crippen LogP) is 1.89. The lowest BCUT2D eigenvalue weighted by molar-refractivity contribution is -0.107. The number of nitrogens with zero attached hydrogens (tertiary/aromatic N) is 3. The van der Waals surface area contributed by atoms with E-state index in [0.717, 1.165) is 64.9 Å². The van der Waals surface area contributed by atoms with Crippen LogP contribution in [-0.2, 0) is 21.5 Å². The minimum atomic E-state index is -0.166. The Labute approximate surface area is 148 Å². The SMILES string of the molecule is CCOC(=O)N1CCC(N2CCC3(CC2)OCCc2cn[nH]c23)CC1. The van der Waals surface area contributed by atoms with Gasteiger partial charge < -0.3 is 19.3 Å². The maximum Gasteiger partial charge on any atom is 0.409 e. The number of aromatic amines is 1. The van der Waals surface area contributed by atoms with Crippen molar-refractivity contribution in [2.24, 2.45) is 0 Å². The average molecular weight is 348 g/mol. The molecule has 1 aromatic rings. The second-order valence-electron chi connectivity index (χ2n) is 7.32. The van der Waals surface area contributed by atoms with Crippen molar-refractivity contribution in [1.29, 1.82) is 0 Å². The molecule has 7 nitrogen and oxygen atoms in total. The van der Waals surface area contributed by atoms with Crippen LogP contribution in [0.25, 0.3) is 0 Å². The van der Waals surface area contributed by atoms with E-state index in [0.29, 0.717) is 12.6 Å². The average Bonchev–Trinajstić information content (AvgIpc) is 3.13. The van der Waals surface area contributed by atoms with Crippen LogP contribution in [0.2, 0.25) is 0 Å². The fourth-order valence-corrected chi connectivity index (χ4v) is 4.60. The molecule has 1 N–H and O–H groups in total. The van der Waals surface area contributed by atoms with Gasteiger partial charge in [0.2, 0.25) is 0 Å². The summed E-state index contributed by atoms with van der Waals surface area (Å²) in [6.45, 7) is 6.78. The van der Waals surface area contributed by atoms with Gasteiger partial charge in [0.1, 0.15) is 5.60 Å². The highest BCUT2D eigenvalue weighted by molar-refractivity contribution is 5.67. The number of hydrogen-bond donors (Lipinski definition) is 1. The number of nitrogens with one attached hydrogen (secondary N) is 1. The quantitative estimate of drug-likeness (QED) is 0.884. The van der Waals surface area contributed by atoms with E-state index in [-0.39, 0.29) is 11.7 Å². The molecule has 138 valence electrons. The Bertz CT molecular complexity index is 601. The first kappa shape index (κ1) is 16.8. The number of ether oxygens (including phenoxy) is 2. The van der Waals surface area contributed by atoms with Gasteiger partial charge >= 0.3 is 6.09 Å². The molecule has 2 fully saturated rings. The summed E-state index contributed by atoms with van der Waals surface area (Å²) in [5, 5.41) is 7.43. The van der Waals surface area contributed by atoms with E-state index >= 15 is 0 Å². The third-order valence-corrected chi connectivity index (χ3v) is 6.04. The lowest BCUT2D eigenvalue weighted by Gasteiger charge is -2.47. The molecule has 7 heteroatoms. The number of hydrogen-bond acceptors (Lipinski definition) is 5. The zero-order valence-corrected chi connectivity index (χ0v) is 15.0. The molecule has 1 spiro atoms. The van der Waals surface area contributed by atoms with Crippen LogP contribution >= 0.6 is 0 Å². The fourth-order valence-electron chi connectivity index (χ4n) is 4.60. The summed E-state index contributed by atoms with van der Waals surface area (Å²) in [5.74, 6) is 0. The van der Waals surface area contributed by atoms with Gasteiger partial charge in [-0.15, -0.1) is 0 Å². The third-order valence-electron chi connectivity index (χ3n) is 6.04. The normalized spacial score (nSPS) is 24.3. The molecule has 4 heterocycles. The van der Waals surface area contributed by atoms with E-state index in [1.165, 1.54) is 11.3 Å². The Morgan fingerprint density at radius 3 is 2.84 bits per heavy atom. The van der Waals surface area contributed by atoms with Crippen LogP contribution in [0.1, 0.15) is 43.9 Å². The van der Waals surface area contributed by atoms with Crippen LogP contribution in [-0.4, -0.2) is 71.5 Å². The number of piperidine rings is 2. The third kappa shape index (κ3) is 3.15. The van der Waals surface area contributed by atoms with E-state index in [4.69, 9.17) is 9.47 Å². The molecular formula is C18H28N4O3. The van der Waals surface area contributed by atoms with Gasteiger partial charge in [0.05, 0.1) is 25.1 Å². The van der Waals surface area contributed by atoms with E-state index in [9.17, 15) is 4.79 Å². The lowest BCUT2D eigenvalue weighted by Crippen LogP contribution is -2.53. The van der Waals surface area contributed by atoms with Crippen LogP contribution in [0.5, 0.6) is 0 Å². The molecule has 25 heavy (non-hydrogen) atoms. The Balaban J connectivity index is 1.33. The highest BCUT2D eigenvalue weighted by atomic mass is 16.6. The molecule has 3 aliphatic heterocycles. The Hall–Kier alpha value is -1.60. The largest absolute Gasteiger partial charge is 0.450 e. The van der Waals surface area contributed by atoms with E-state index in [1.807, 2.05) is 18.0 Å². The molecule has 0 unspecified atom stereocenters. The summed E-state index contributed by atoms with van der Waals surface area (Å²) in [6.07, 6.45) is 6.84. The first-order valence-corrected chi connectivity index (χ1v) is 9.54. The van der Waals surface area contributed by atoms with Crippen molar-refractivity contribution in [3.8, 4) is 0 Å². The summed E-state index contributed by atoms with van der Waals surface area (Å²) >= 11 is 0. The Kier molecular flexibility index (Phi) is 4.69. The van der Waals surface area contributed by atoms with Crippen LogP contribution in [0.15, 0.2) is 6.20 Å². The first-order valence-electron chi connectivity index (χ1n) is 9.54. The Morgan fingerprint density at radius 2 is 2.12 bits per heavy atom. The van der Waals surface area contributed by atoms with Crippen LogP contribution in [0.3, 0.4) is 0 Å². The van der Waals surface area contributed by atoms with Crippen molar-refractivity contribution < 1.29 is 14.3 Å². The van der Waals surface area contributed by atoms with Crippen molar-refractivity contribution in [3.05, 3.63) is 17.5 Å². The summed E-state index contributed by atoms with van der Waals surface area (Å²) in [5.41, 5.74) is 2.37. The molecule has 0 radical (unpaired) electrons. The lowest BCUT2D eigenvalue weighted by atomic mass is 9.83. The van der Waals surface area contributed by atoms with Crippen molar-refractivity contribution in [2.75, 3.05) is 39.4 Å². The Morgan fingerprint density at radius 1 is 1.36 bits per heavy atom. The van der Waals surface area contributed by atoms with Crippen LogP contribution < -0.4 is 0 Å². The molecule has 0 aromatic carbocycles. The van der Waals surface area contributed by atoms with Gasteiger partial charge in [0.25, 0.3) is 0 Å². The summed E-state index contributed by atoms with van der Waals surface area (Å²) in [7, 11) is 0. The van der Waals surface area contributed by atoms with Gasteiger partial charge in [-0.2, -0.15) is 5.10 Å². The van der Waals surface area contributed by atoms with E-state index in [2.05, 4.69) is 15.1 Å². The number of aromatic nitrogens is 2. The zero-order valence-electron chi connectivity index (χ0n) is 15.0. The molecule has 1 aromatic heterocycles. The topological polar surface area (TPSA) is 70.7 Å². The molecular weight excluding hydrogens is 320 g/mol. The van der Waals surface area contributed by atoms with E-state index in [1.54, 1.807) is 0 Å². The predicted molar refractivity (Wildman–Crippen MR) is 92.3 cm³/mol. The van der Waals surface area contributed by atoms with Gasteiger partial charge in [0.15, 0.2) is 0 Å². The number of carbonyl (C=O) groups excluding carboxylic acids is 1. The van der Waals surface area contributed by atoms with Crippen molar-refractivity contribution in [2.45, 2.75) is 50.7 Å². The van der Waals surface area contributed by atoms with Crippen LogP contribution in [0, 0.1) is 0 Å². The molecule has 0 atom stereocenters. The summed E-state index contributed by atoms with van der Waals surface area (Å²) in [4.78, 5) is 16.3. The maximum atomic E-state index is 11.8. The molecule has 1 amide bonds. The molecule has 4 rings (SSSR count). The molecule has 0 bridgehead atoms. The first-order chi connectivity index (χ1) is 12.2. The number of likely N-dealkylation sites (tertiary alicyclic amines) is 2. The fraction of sp³-hybridized carbons (Fsp3) is 0.778. The zero-order chi connectivity index (χ0) is 17.3.